The minimum Gasteiger partial charge on any atom is -0.328 e. The number of thiophene rings is 1. The number of rotatable bonds is 8. The number of anilines is 1. The Morgan fingerprint density at radius 3 is 2.61 bits per heavy atom. The largest absolute Gasteiger partial charge is 0.328 e. The number of hydrogen-bond donors (Lipinski definition) is 2. The van der Waals surface area contributed by atoms with Gasteiger partial charge in [0.25, 0.3) is 5.91 Å². The second-order valence-electron chi connectivity index (χ2n) is 7.16. The molecule has 0 radical (unpaired) electrons. The predicted molar refractivity (Wildman–Crippen MR) is 116 cm³/mol. The summed E-state index contributed by atoms with van der Waals surface area (Å²) in [5.41, 5.74) is 3.07. The van der Waals surface area contributed by atoms with Crippen molar-refractivity contribution in [3.63, 3.8) is 0 Å². The fourth-order valence-electron chi connectivity index (χ4n) is 3.12. The van der Waals surface area contributed by atoms with Crippen molar-refractivity contribution in [1.82, 2.24) is 4.98 Å². The van der Waals surface area contributed by atoms with Crippen LogP contribution in [0.3, 0.4) is 0 Å². The van der Waals surface area contributed by atoms with E-state index < -0.39 is 0 Å². The van der Waals surface area contributed by atoms with E-state index in [1.807, 2.05) is 6.07 Å². The maximum absolute atomic E-state index is 12.4. The summed E-state index contributed by atoms with van der Waals surface area (Å²) in [6, 6.07) is 16.5. The normalized spacial score (nSPS) is 12.1. The van der Waals surface area contributed by atoms with Gasteiger partial charge in [-0.1, -0.05) is 55.8 Å². The lowest BCUT2D eigenvalue weighted by molar-refractivity contribution is -0.675. The summed E-state index contributed by atoms with van der Waals surface area (Å²) >= 11 is 7.73. The van der Waals surface area contributed by atoms with Gasteiger partial charge in [0, 0.05) is 11.8 Å². The lowest BCUT2D eigenvalue weighted by Crippen LogP contribution is -2.87. The Morgan fingerprint density at radius 1 is 1.18 bits per heavy atom. The van der Waals surface area contributed by atoms with E-state index in [9.17, 15) is 4.79 Å². The van der Waals surface area contributed by atoms with Crippen molar-refractivity contribution in [3.05, 3.63) is 81.3 Å². The van der Waals surface area contributed by atoms with E-state index in [0.717, 1.165) is 6.42 Å². The average molecular weight is 415 g/mol. The van der Waals surface area contributed by atoms with Gasteiger partial charge in [0.2, 0.25) is 0 Å². The number of quaternary nitrogens is 1. The third-order valence-electron chi connectivity index (χ3n) is 4.40. The first-order valence-corrected chi connectivity index (χ1v) is 10.6. The molecule has 0 saturated carbocycles. The molecule has 1 amide bonds. The fourth-order valence-corrected chi connectivity index (χ4v) is 4.14. The van der Waals surface area contributed by atoms with Crippen LogP contribution < -0.4 is 10.6 Å². The molecular weight excluding hydrogens is 390 g/mol. The number of hydrogen-bond acceptors (Lipinski definition) is 3. The molecule has 0 saturated heterocycles. The van der Waals surface area contributed by atoms with Gasteiger partial charge in [0.05, 0.1) is 10.6 Å². The molecular formula is C22H25ClN3OS+. The minimum atomic E-state index is -0.104. The molecule has 0 aliphatic carbocycles. The number of pyridine rings is 1. The highest BCUT2D eigenvalue weighted by atomic mass is 35.5. The molecule has 0 bridgehead atoms. The molecule has 3 rings (SSSR count). The Hall–Kier alpha value is -2.21. The number of halogens is 1. The number of nitrogens with two attached hydrogens (primary N) is 1. The molecule has 1 atom stereocenters. The van der Waals surface area contributed by atoms with Crippen molar-refractivity contribution in [1.29, 1.82) is 0 Å². The number of benzene rings is 1. The highest BCUT2D eigenvalue weighted by Gasteiger charge is 2.20. The Kier molecular flexibility index (Phi) is 7.20. The number of aromatic nitrogens is 1. The summed E-state index contributed by atoms with van der Waals surface area (Å²) in [4.78, 5) is 17.6. The lowest BCUT2D eigenvalue weighted by atomic mass is 9.99. The quantitative estimate of drug-likeness (QED) is 0.540. The van der Waals surface area contributed by atoms with E-state index in [0.29, 0.717) is 23.3 Å². The van der Waals surface area contributed by atoms with E-state index in [-0.39, 0.29) is 11.9 Å². The highest BCUT2D eigenvalue weighted by Crippen LogP contribution is 2.23. The molecule has 146 valence electrons. The van der Waals surface area contributed by atoms with E-state index >= 15 is 0 Å². The number of nitrogens with zero attached hydrogens (tertiary/aromatic N) is 1. The molecule has 2 heterocycles. The molecule has 2 aromatic heterocycles. The van der Waals surface area contributed by atoms with Crippen LogP contribution in [0.1, 0.15) is 35.9 Å². The molecule has 0 fully saturated rings. The molecule has 3 aromatic rings. The zero-order valence-corrected chi connectivity index (χ0v) is 17.6. The summed E-state index contributed by atoms with van der Waals surface area (Å²) in [6.07, 6.45) is 2.67. The van der Waals surface area contributed by atoms with Crippen LogP contribution in [0.4, 0.5) is 5.69 Å². The molecule has 0 unspecified atom stereocenters. The van der Waals surface area contributed by atoms with E-state index in [2.05, 4.69) is 65.2 Å². The Balaban J connectivity index is 1.69. The smallest absolute Gasteiger partial charge is 0.279 e. The molecule has 1 aromatic carbocycles. The van der Waals surface area contributed by atoms with Crippen LogP contribution in [0.5, 0.6) is 0 Å². The summed E-state index contributed by atoms with van der Waals surface area (Å²) < 4.78 is 0. The second kappa shape index (κ2) is 9.82. The lowest BCUT2D eigenvalue weighted by Gasteiger charge is -2.16. The second-order valence-corrected chi connectivity index (χ2v) is 8.50. The van der Waals surface area contributed by atoms with Crippen LogP contribution >= 0.6 is 22.9 Å². The van der Waals surface area contributed by atoms with Crippen molar-refractivity contribution in [2.24, 2.45) is 5.92 Å². The number of carbonyl (C=O) groups is 1. The molecule has 0 spiro atoms. The van der Waals surface area contributed by atoms with Gasteiger partial charge in [-0.05, 0) is 41.5 Å². The zero-order valence-electron chi connectivity index (χ0n) is 16.1. The van der Waals surface area contributed by atoms with E-state index in [4.69, 9.17) is 11.6 Å². The van der Waals surface area contributed by atoms with Crippen molar-refractivity contribution in [3.8, 4) is 0 Å². The van der Waals surface area contributed by atoms with Gasteiger partial charge in [-0.25, -0.2) is 4.98 Å². The standard InChI is InChI=1S/C22H24ClN3OS/c1-15(2)13-16-7-9-17(10-8-16)21(19-6-4-12-28-19)25-14-20(27)26-18-5-3-11-24-22(18)23/h3-12,15,21,25H,13-14H2,1-2H3,(H,26,27)/p+1/t21-/m0/s1. The fraction of sp³-hybridized carbons (Fsp3) is 0.273. The topological polar surface area (TPSA) is 58.6 Å². The summed E-state index contributed by atoms with van der Waals surface area (Å²) in [5, 5.41) is 7.26. The first-order valence-electron chi connectivity index (χ1n) is 9.39. The first-order chi connectivity index (χ1) is 13.5. The molecule has 3 N–H and O–H groups in total. The number of nitrogens with one attached hydrogen (secondary N) is 1. The third kappa shape index (κ3) is 5.64. The van der Waals surface area contributed by atoms with Crippen molar-refractivity contribution in [2.45, 2.75) is 26.3 Å². The van der Waals surface area contributed by atoms with E-state index in [1.165, 1.54) is 16.0 Å². The van der Waals surface area contributed by atoms with Crippen molar-refractivity contribution < 1.29 is 10.1 Å². The average Bonchev–Trinajstić information content (AvgIpc) is 3.19. The highest BCUT2D eigenvalue weighted by molar-refractivity contribution is 7.10. The van der Waals surface area contributed by atoms with Gasteiger partial charge < -0.3 is 10.6 Å². The summed E-state index contributed by atoms with van der Waals surface area (Å²) in [6.45, 7) is 4.74. The summed E-state index contributed by atoms with van der Waals surface area (Å²) in [5.74, 6) is 0.529. The maximum atomic E-state index is 12.4. The Morgan fingerprint density at radius 2 is 1.96 bits per heavy atom. The van der Waals surface area contributed by atoms with Gasteiger partial charge in [-0.3, -0.25) is 4.79 Å². The van der Waals surface area contributed by atoms with Gasteiger partial charge in [0.1, 0.15) is 6.04 Å². The maximum Gasteiger partial charge on any atom is 0.279 e. The Labute approximate surface area is 175 Å². The van der Waals surface area contributed by atoms with Crippen LogP contribution in [-0.4, -0.2) is 17.4 Å². The van der Waals surface area contributed by atoms with Gasteiger partial charge in [-0.15, -0.1) is 11.3 Å². The molecule has 0 aliphatic rings. The van der Waals surface area contributed by atoms with Crippen LogP contribution in [-0.2, 0) is 11.2 Å². The van der Waals surface area contributed by atoms with Gasteiger partial charge in [-0.2, -0.15) is 0 Å². The predicted octanol–water partition coefficient (Wildman–Crippen LogP) is 4.29. The number of carbonyl (C=O) groups excluding carboxylic acids is 1. The van der Waals surface area contributed by atoms with E-state index in [1.54, 1.807) is 29.7 Å². The zero-order chi connectivity index (χ0) is 19.9. The molecule has 28 heavy (non-hydrogen) atoms. The van der Waals surface area contributed by atoms with Crippen molar-refractivity contribution in [2.75, 3.05) is 11.9 Å². The van der Waals surface area contributed by atoms with Crippen LogP contribution in [0.15, 0.2) is 60.1 Å². The van der Waals surface area contributed by atoms with Crippen molar-refractivity contribution >= 4 is 34.5 Å². The first kappa shape index (κ1) is 20.5. The molecule has 6 heteroatoms. The van der Waals surface area contributed by atoms with Crippen LogP contribution in [0.25, 0.3) is 0 Å². The van der Waals surface area contributed by atoms with Crippen LogP contribution in [0.2, 0.25) is 5.15 Å². The number of amides is 1. The van der Waals surface area contributed by atoms with Gasteiger partial charge in [0.15, 0.2) is 11.7 Å². The van der Waals surface area contributed by atoms with Crippen LogP contribution in [0, 0.1) is 5.92 Å². The third-order valence-corrected chi connectivity index (χ3v) is 5.66. The molecule has 4 nitrogen and oxygen atoms in total. The SMILES string of the molecule is CC(C)Cc1ccc([C@H]([NH2+]CC(=O)Nc2cccnc2Cl)c2cccs2)cc1. The molecule has 0 aliphatic heterocycles. The summed E-state index contributed by atoms with van der Waals surface area (Å²) in [7, 11) is 0. The Bertz CT molecular complexity index is 894. The van der Waals surface area contributed by atoms with Gasteiger partial charge >= 0.3 is 0 Å². The monoisotopic (exact) mass is 414 g/mol. The minimum absolute atomic E-state index is 0.0863.